The molecule has 0 bridgehead atoms. The minimum Gasteiger partial charge on any atom is -0.394 e. The molecule has 1 atom stereocenters. The van der Waals surface area contributed by atoms with Crippen LogP contribution in [0.3, 0.4) is 0 Å². The molecular formula is C11H23NO2. The number of rotatable bonds is 7. The Kier molecular flexibility index (Phi) is 4.85. The zero-order valence-corrected chi connectivity index (χ0v) is 9.38. The Hall–Kier alpha value is -0.120. The quantitative estimate of drug-likeness (QED) is 0.652. The third-order valence-corrected chi connectivity index (χ3v) is 2.84. The van der Waals surface area contributed by atoms with Crippen LogP contribution in [0, 0.1) is 0 Å². The molecule has 0 spiro atoms. The molecule has 0 saturated heterocycles. The van der Waals surface area contributed by atoms with E-state index in [0.29, 0.717) is 12.7 Å². The van der Waals surface area contributed by atoms with Crippen LogP contribution in [0.2, 0.25) is 0 Å². The summed E-state index contributed by atoms with van der Waals surface area (Å²) in [5.74, 6) is 0. The maximum Gasteiger partial charge on any atom is 0.0671 e. The van der Waals surface area contributed by atoms with Gasteiger partial charge in [-0.1, -0.05) is 6.92 Å². The van der Waals surface area contributed by atoms with Crippen molar-refractivity contribution in [2.45, 2.75) is 51.2 Å². The maximum atomic E-state index is 9.27. The molecule has 0 aliphatic heterocycles. The van der Waals surface area contributed by atoms with E-state index in [2.05, 4.69) is 12.2 Å². The van der Waals surface area contributed by atoms with Crippen molar-refractivity contribution in [1.82, 2.24) is 5.32 Å². The van der Waals surface area contributed by atoms with Gasteiger partial charge in [-0.3, -0.25) is 0 Å². The smallest absolute Gasteiger partial charge is 0.0671 e. The van der Waals surface area contributed by atoms with E-state index in [4.69, 9.17) is 4.74 Å². The first kappa shape index (κ1) is 12.0. The topological polar surface area (TPSA) is 41.5 Å². The van der Waals surface area contributed by atoms with Crippen molar-refractivity contribution in [1.29, 1.82) is 0 Å². The average molecular weight is 201 g/mol. The number of aliphatic hydroxyl groups excluding tert-OH is 1. The molecule has 1 aliphatic carbocycles. The Morgan fingerprint density at radius 2 is 2.21 bits per heavy atom. The molecule has 0 radical (unpaired) electrons. The lowest BCUT2D eigenvalue weighted by atomic mass is 9.95. The molecule has 84 valence electrons. The zero-order chi connectivity index (χ0) is 10.4. The lowest BCUT2D eigenvalue weighted by Gasteiger charge is -2.33. The van der Waals surface area contributed by atoms with Crippen molar-refractivity contribution < 1.29 is 9.84 Å². The third-order valence-electron chi connectivity index (χ3n) is 2.84. The van der Waals surface area contributed by atoms with Crippen LogP contribution in [0.1, 0.15) is 39.5 Å². The van der Waals surface area contributed by atoms with Crippen LogP contribution in [-0.2, 0) is 4.74 Å². The Bertz CT molecular complexity index is 159. The fraction of sp³-hybridized carbons (Fsp3) is 1.00. The standard InChI is InChI=1S/C11H23NO2/c1-3-7-12-11(2,8-13)9-14-10-5-4-6-10/h10,12-13H,3-9H2,1-2H3. The fourth-order valence-corrected chi connectivity index (χ4v) is 1.42. The molecule has 0 aromatic rings. The molecule has 3 nitrogen and oxygen atoms in total. The number of hydrogen-bond acceptors (Lipinski definition) is 3. The van der Waals surface area contributed by atoms with Gasteiger partial charge >= 0.3 is 0 Å². The second-order valence-corrected chi connectivity index (χ2v) is 4.51. The molecule has 2 N–H and O–H groups in total. The van der Waals surface area contributed by atoms with Crippen LogP contribution in [-0.4, -0.2) is 36.5 Å². The van der Waals surface area contributed by atoms with E-state index in [-0.39, 0.29) is 12.1 Å². The Balaban J connectivity index is 2.19. The first-order valence-electron chi connectivity index (χ1n) is 5.67. The first-order chi connectivity index (χ1) is 6.70. The normalized spacial score (nSPS) is 21.6. The summed E-state index contributed by atoms with van der Waals surface area (Å²) in [7, 11) is 0. The molecule has 0 amide bonds. The van der Waals surface area contributed by atoms with Crippen LogP contribution < -0.4 is 5.32 Å². The molecule has 1 unspecified atom stereocenters. The highest BCUT2D eigenvalue weighted by Gasteiger charge is 2.26. The summed E-state index contributed by atoms with van der Waals surface area (Å²) in [6.07, 6.45) is 5.20. The van der Waals surface area contributed by atoms with E-state index in [1.165, 1.54) is 19.3 Å². The highest BCUT2D eigenvalue weighted by atomic mass is 16.5. The van der Waals surface area contributed by atoms with Gasteiger partial charge in [0.1, 0.15) is 0 Å². The zero-order valence-electron chi connectivity index (χ0n) is 9.38. The predicted molar refractivity (Wildman–Crippen MR) is 57.4 cm³/mol. The lowest BCUT2D eigenvalue weighted by molar-refractivity contribution is -0.0377. The van der Waals surface area contributed by atoms with E-state index in [1.807, 2.05) is 6.92 Å². The first-order valence-corrected chi connectivity index (χ1v) is 5.67. The summed E-state index contributed by atoms with van der Waals surface area (Å²) >= 11 is 0. The van der Waals surface area contributed by atoms with Gasteiger partial charge in [0.2, 0.25) is 0 Å². The fourth-order valence-electron chi connectivity index (χ4n) is 1.42. The predicted octanol–water partition coefficient (Wildman–Crippen LogP) is 1.31. The molecule has 14 heavy (non-hydrogen) atoms. The summed E-state index contributed by atoms with van der Waals surface area (Å²) in [4.78, 5) is 0. The Labute approximate surface area is 86.8 Å². The van der Waals surface area contributed by atoms with Crippen molar-refractivity contribution >= 4 is 0 Å². The summed E-state index contributed by atoms with van der Waals surface area (Å²) in [5.41, 5.74) is -0.258. The highest BCUT2D eigenvalue weighted by Crippen LogP contribution is 2.22. The van der Waals surface area contributed by atoms with E-state index in [1.54, 1.807) is 0 Å². The number of aliphatic hydroxyl groups is 1. The second-order valence-electron chi connectivity index (χ2n) is 4.51. The molecule has 1 fully saturated rings. The van der Waals surface area contributed by atoms with Gasteiger partial charge in [0.15, 0.2) is 0 Å². The SMILES string of the molecule is CCCNC(C)(CO)COC1CCC1. The second kappa shape index (κ2) is 5.69. The van der Waals surface area contributed by atoms with Crippen molar-refractivity contribution in [2.75, 3.05) is 19.8 Å². The molecule has 0 aromatic heterocycles. The van der Waals surface area contributed by atoms with E-state index >= 15 is 0 Å². The molecular weight excluding hydrogens is 178 g/mol. The minimum absolute atomic E-state index is 0.139. The van der Waals surface area contributed by atoms with Crippen molar-refractivity contribution in [3.8, 4) is 0 Å². The van der Waals surface area contributed by atoms with E-state index in [9.17, 15) is 5.11 Å². The average Bonchev–Trinajstić information content (AvgIpc) is 2.12. The number of hydrogen-bond donors (Lipinski definition) is 2. The summed E-state index contributed by atoms with van der Waals surface area (Å²) < 4.78 is 5.71. The molecule has 1 rings (SSSR count). The van der Waals surface area contributed by atoms with E-state index in [0.717, 1.165) is 13.0 Å². The minimum atomic E-state index is -0.258. The van der Waals surface area contributed by atoms with Crippen molar-refractivity contribution in [2.24, 2.45) is 0 Å². The van der Waals surface area contributed by atoms with Gasteiger partial charge < -0.3 is 15.2 Å². The van der Waals surface area contributed by atoms with Gasteiger partial charge in [-0.2, -0.15) is 0 Å². The van der Waals surface area contributed by atoms with Crippen molar-refractivity contribution in [3.63, 3.8) is 0 Å². The van der Waals surface area contributed by atoms with Gasteiger partial charge in [-0.15, -0.1) is 0 Å². The molecule has 3 heteroatoms. The van der Waals surface area contributed by atoms with Gasteiger partial charge in [0, 0.05) is 0 Å². The van der Waals surface area contributed by atoms with Gasteiger partial charge in [-0.25, -0.2) is 0 Å². The Morgan fingerprint density at radius 1 is 1.50 bits per heavy atom. The van der Waals surface area contributed by atoms with Crippen LogP contribution >= 0.6 is 0 Å². The van der Waals surface area contributed by atoms with Crippen LogP contribution in [0.25, 0.3) is 0 Å². The Morgan fingerprint density at radius 3 is 2.64 bits per heavy atom. The van der Waals surface area contributed by atoms with Crippen LogP contribution in [0.4, 0.5) is 0 Å². The van der Waals surface area contributed by atoms with Gasteiger partial charge in [-0.05, 0) is 39.2 Å². The van der Waals surface area contributed by atoms with Crippen LogP contribution in [0.5, 0.6) is 0 Å². The molecule has 0 aromatic carbocycles. The molecule has 1 aliphatic rings. The maximum absolute atomic E-state index is 9.27. The molecule has 0 heterocycles. The van der Waals surface area contributed by atoms with E-state index < -0.39 is 0 Å². The van der Waals surface area contributed by atoms with Crippen LogP contribution in [0.15, 0.2) is 0 Å². The largest absolute Gasteiger partial charge is 0.394 e. The number of ether oxygens (including phenoxy) is 1. The highest BCUT2D eigenvalue weighted by molar-refractivity contribution is 4.83. The number of nitrogens with one attached hydrogen (secondary N) is 1. The monoisotopic (exact) mass is 201 g/mol. The third kappa shape index (κ3) is 3.56. The van der Waals surface area contributed by atoms with Crippen molar-refractivity contribution in [3.05, 3.63) is 0 Å². The summed E-state index contributed by atoms with van der Waals surface area (Å²) in [6.45, 7) is 5.83. The lowest BCUT2D eigenvalue weighted by Crippen LogP contribution is -2.51. The summed E-state index contributed by atoms with van der Waals surface area (Å²) in [6, 6.07) is 0. The summed E-state index contributed by atoms with van der Waals surface area (Å²) in [5, 5.41) is 12.6. The molecule has 1 saturated carbocycles. The van der Waals surface area contributed by atoms with Gasteiger partial charge in [0.25, 0.3) is 0 Å². The van der Waals surface area contributed by atoms with Gasteiger partial charge in [0.05, 0.1) is 24.9 Å².